The Kier molecular flexibility index (Phi) is 3.92. The molecule has 1 aromatic rings. The molecule has 0 bridgehead atoms. The number of halogens is 2. The summed E-state index contributed by atoms with van der Waals surface area (Å²) in [6, 6.07) is 5.20. The van der Waals surface area contributed by atoms with E-state index in [1.54, 1.807) is 30.1 Å². The maximum atomic E-state index is 12.0. The molecular weight excluding hydrogens is 320 g/mol. The van der Waals surface area contributed by atoms with Crippen molar-refractivity contribution in [3.63, 3.8) is 0 Å². The van der Waals surface area contributed by atoms with Crippen LogP contribution in [0.3, 0.4) is 0 Å². The smallest absolute Gasteiger partial charge is 0.229 e. The highest BCUT2D eigenvalue weighted by Gasteiger charge is 2.32. The van der Waals surface area contributed by atoms with E-state index < -0.39 is 0 Å². The van der Waals surface area contributed by atoms with Crippen LogP contribution < -0.4 is 5.32 Å². The third-order valence-electron chi connectivity index (χ3n) is 2.90. The Labute approximate surface area is 118 Å². The third kappa shape index (κ3) is 2.84. The van der Waals surface area contributed by atoms with Crippen LogP contribution in [0, 0.1) is 5.92 Å². The summed E-state index contributed by atoms with van der Waals surface area (Å²) in [6.45, 7) is 0.467. The summed E-state index contributed by atoms with van der Waals surface area (Å²) in [5.74, 6) is -0.431. The van der Waals surface area contributed by atoms with Crippen LogP contribution in [-0.4, -0.2) is 30.3 Å². The summed E-state index contributed by atoms with van der Waals surface area (Å²) in [6.07, 6.45) is 0.270. The normalized spacial score (nSPS) is 19.2. The molecule has 1 aliphatic rings. The van der Waals surface area contributed by atoms with E-state index in [0.29, 0.717) is 17.3 Å². The second-order valence-electron chi connectivity index (χ2n) is 4.29. The van der Waals surface area contributed by atoms with Gasteiger partial charge in [-0.05, 0) is 34.1 Å². The van der Waals surface area contributed by atoms with Crippen molar-refractivity contribution >= 4 is 45.0 Å². The fraction of sp³-hybridized carbons (Fsp3) is 0.333. The van der Waals surface area contributed by atoms with E-state index in [4.69, 9.17) is 11.6 Å². The molecule has 0 aliphatic carbocycles. The molecule has 2 rings (SSSR count). The van der Waals surface area contributed by atoms with Gasteiger partial charge in [-0.2, -0.15) is 0 Å². The second-order valence-corrected chi connectivity index (χ2v) is 5.55. The number of amides is 2. The number of hydrogen-bond acceptors (Lipinski definition) is 2. The summed E-state index contributed by atoms with van der Waals surface area (Å²) in [5, 5.41) is 3.30. The van der Waals surface area contributed by atoms with Crippen LogP contribution in [0.5, 0.6) is 0 Å². The van der Waals surface area contributed by atoms with Crippen molar-refractivity contribution in [1.29, 1.82) is 0 Å². The van der Waals surface area contributed by atoms with Gasteiger partial charge in [-0.1, -0.05) is 11.6 Å². The molecule has 1 saturated heterocycles. The number of anilines is 1. The van der Waals surface area contributed by atoms with Gasteiger partial charge in [-0.25, -0.2) is 0 Å². The molecule has 1 aromatic carbocycles. The quantitative estimate of drug-likeness (QED) is 0.905. The number of hydrogen-bond donors (Lipinski definition) is 1. The van der Waals surface area contributed by atoms with E-state index in [0.717, 1.165) is 4.47 Å². The van der Waals surface area contributed by atoms with E-state index in [2.05, 4.69) is 21.2 Å². The molecule has 0 spiro atoms. The topological polar surface area (TPSA) is 49.4 Å². The average molecular weight is 332 g/mol. The minimum Gasteiger partial charge on any atom is -0.345 e. The first-order chi connectivity index (χ1) is 8.47. The Morgan fingerprint density at radius 2 is 2.28 bits per heavy atom. The van der Waals surface area contributed by atoms with Gasteiger partial charge in [0.1, 0.15) is 0 Å². The molecule has 96 valence electrons. The number of nitrogens with one attached hydrogen (secondary N) is 1. The number of likely N-dealkylation sites (tertiary alicyclic amines) is 1. The minimum absolute atomic E-state index is 0.00369. The van der Waals surface area contributed by atoms with Gasteiger partial charge in [0.2, 0.25) is 11.8 Å². The fourth-order valence-corrected chi connectivity index (χ4v) is 2.28. The lowest BCUT2D eigenvalue weighted by molar-refractivity contribution is -0.127. The minimum atomic E-state index is -0.287. The number of nitrogens with zero attached hydrogens (tertiary/aromatic N) is 1. The lowest BCUT2D eigenvalue weighted by atomic mass is 10.1. The largest absolute Gasteiger partial charge is 0.345 e. The fourth-order valence-electron chi connectivity index (χ4n) is 1.86. The van der Waals surface area contributed by atoms with Gasteiger partial charge < -0.3 is 10.2 Å². The molecule has 1 N–H and O–H groups in total. The zero-order chi connectivity index (χ0) is 13.3. The summed E-state index contributed by atoms with van der Waals surface area (Å²) in [7, 11) is 1.70. The molecular formula is C12H12BrClN2O2. The summed E-state index contributed by atoms with van der Waals surface area (Å²) >= 11 is 9.22. The van der Waals surface area contributed by atoms with Crippen molar-refractivity contribution in [3.05, 3.63) is 27.7 Å². The molecule has 18 heavy (non-hydrogen) atoms. The summed E-state index contributed by atoms with van der Waals surface area (Å²) in [5.41, 5.74) is 0.634. The molecule has 2 amide bonds. The molecule has 4 nitrogen and oxygen atoms in total. The first-order valence-electron chi connectivity index (χ1n) is 5.47. The van der Waals surface area contributed by atoms with E-state index in [1.165, 1.54) is 0 Å². The average Bonchev–Trinajstić information content (AvgIpc) is 2.65. The molecule has 1 aliphatic heterocycles. The van der Waals surface area contributed by atoms with Gasteiger partial charge in [0.05, 0.1) is 10.9 Å². The molecule has 0 radical (unpaired) electrons. The maximum Gasteiger partial charge on any atom is 0.229 e. The van der Waals surface area contributed by atoms with E-state index >= 15 is 0 Å². The van der Waals surface area contributed by atoms with Gasteiger partial charge in [-0.3, -0.25) is 9.59 Å². The molecule has 1 fully saturated rings. The number of benzene rings is 1. The first-order valence-corrected chi connectivity index (χ1v) is 6.64. The maximum absolute atomic E-state index is 12.0. The van der Waals surface area contributed by atoms with Gasteiger partial charge in [0.15, 0.2) is 0 Å². The van der Waals surface area contributed by atoms with Gasteiger partial charge in [-0.15, -0.1) is 0 Å². The molecule has 6 heteroatoms. The molecule has 1 atom stereocenters. The summed E-state index contributed by atoms with van der Waals surface area (Å²) < 4.78 is 0.776. The van der Waals surface area contributed by atoms with Crippen molar-refractivity contribution in [3.8, 4) is 0 Å². The Morgan fingerprint density at radius 1 is 1.56 bits per heavy atom. The predicted molar refractivity (Wildman–Crippen MR) is 73.5 cm³/mol. The molecule has 0 aromatic heterocycles. The van der Waals surface area contributed by atoms with Gasteiger partial charge >= 0.3 is 0 Å². The second kappa shape index (κ2) is 5.28. The van der Waals surface area contributed by atoms with Crippen molar-refractivity contribution in [1.82, 2.24) is 4.90 Å². The van der Waals surface area contributed by atoms with Crippen LogP contribution in [0.2, 0.25) is 5.02 Å². The van der Waals surface area contributed by atoms with Crippen molar-refractivity contribution in [2.75, 3.05) is 18.9 Å². The number of carbonyl (C=O) groups excluding carboxylic acids is 2. The third-order valence-corrected chi connectivity index (χ3v) is 4.13. The highest BCUT2D eigenvalue weighted by atomic mass is 79.9. The number of rotatable bonds is 2. The van der Waals surface area contributed by atoms with Gasteiger partial charge in [0, 0.05) is 30.2 Å². The zero-order valence-corrected chi connectivity index (χ0v) is 12.1. The highest BCUT2D eigenvalue weighted by Crippen LogP contribution is 2.26. The van der Waals surface area contributed by atoms with Crippen LogP contribution in [0.15, 0.2) is 22.7 Å². The van der Waals surface area contributed by atoms with E-state index in [9.17, 15) is 9.59 Å². The number of carbonyl (C=O) groups is 2. The van der Waals surface area contributed by atoms with Crippen molar-refractivity contribution in [2.24, 2.45) is 5.92 Å². The highest BCUT2D eigenvalue weighted by molar-refractivity contribution is 9.10. The molecule has 0 saturated carbocycles. The lowest BCUT2D eigenvalue weighted by Crippen LogP contribution is -2.25. The van der Waals surface area contributed by atoms with Crippen molar-refractivity contribution in [2.45, 2.75) is 6.42 Å². The Bertz CT molecular complexity index is 507. The Balaban J connectivity index is 2.03. The zero-order valence-electron chi connectivity index (χ0n) is 9.74. The van der Waals surface area contributed by atoms with E-state index in [-0.39, 0.29) is 24.2 Å². The first kappa shape index (κ1) is 13.4. The molecule has 1 unspecified atom stereocenters. The van der Waals surface area contributed by atoms with Crippen LogP contribution >= 0.6 is 27.5 Å². The molecule has 1 heterocycles. The predicted octanol–water partition coefficient (Wildman–Crippen LogP) is 2.52. The van der Waals surface area contributed by atoms with Crippen LogP contribution in [-0.2, 0) is 9.59 Å². The Morgan fingerprint density at radius 3 is 2.83 bits per heavy atom. The van der Waals surface area contributed by atoms with Crippen LogP contribution in [0.1, 0.15) is 6.42 Å². The monoisotopic (exact) mass is 330 g/mol. The van der Waals surface area contributed by atoms with E-state index in [1.807, 2.05) is 0 Å². The van der Waals surface area contributed by atoms with Crippen LogP contribution in [0.25, 0.3) is 0 Å². The standard InChI is InChI=1S/C12H12BrClN2O2/c1-16-6-7(4-11(16)17)12(18)15-8-2-3-9(13)10(14)5-8/h2-3,5,7H,4,6H2,1H3,(H,15,18). The van der Waals surface area contributed by atoms with Gasteiger partial charge in [0.25, 0.3) is 0 Å². The summed E-state index contributed by atoms with van der Waals surface area (Å²) in [4.78, 5) is 24.9. The Hall–Kier alpha value is -1.07. The lowest BCUT2D eigenvalue weighted by Gasteiger charge is -2.11. The SMILES string of the molecule is CN1CC(C(=O)Nc2ccc(Br)c(Cl)c2)CC1=O. The van der Waals surface area contributed by atoms with Crippen molar-refractivity contribution < 1.29 is 9.59 Å². The van der Waals surface area contributed by atoms with Crippen LogP contribution in [0.4, 0.5) is 5.69 Å².